The molecule has 3 aromatic heterocycles. The average Bonchev–Trinajstić information content (AvgIpc) is 3.22. The first kappa shape index (κ1) is 21.4. The fourth-order valence-corrected chi connectivity index (χ4v) is 5.65. The van der Waals surface area contributed by atoms with Crippen molar-refractivity contribution in [1.82, 2.24) is 19.6 Å². The Morgan fingerprint density at radius 1 is 1.24 bits per heavy atom. The molecule has 1 saturated heterocycles. The first-order chi connectivity index (χ1) is 15.9. The van der Waals surface area contributed by atoms with Gasteiger partial charge in [-0.25, -0.2) is 17.9 Å². The first-order valence-corrected chi connectivity index (χ1v) is 12.8. The standard InChI is InChI=1S/C25H25N5O2S/c1-4-6-20-23(5-2)30-25(28-24(20)29-9-11-33(31,32)12-10-29)21(16-27-30)19-14-18-13-17(3)7-8-22(18)26-15-19/h5,7-8,14-17H,2,9-13H2,1,3H3. The number of anilines is 1. The number of fused-ring (bicyclic) bond motifs is 2. The van der Waals surface area contributed by atoms with E-state index in [0.717, 1.165) is 28.9 Å². The summed E-state index contributed by atoms with van der Waals surface area (Å²) in [5, 5.41) is 4.60. The summed E-state index contributed by atoms with van der Waals surface area (Å²) in [5.41, 5.74) is 6.16. The lowest BCUT2D eigenvalue weighted by atomic mass is 9.92. The van der Waals surface area contributed by atoms with Crippen LogP contribution in [0.15, 0.2) is 31.1 Å². The van der Waals surface area contributed by atoms with Crippen LogP contribution in [-0.2, 0) is 16.3 Å². The van der Waals surface area contributed by atoms with Gasteiger partial charge >= 0.3 is 0 Å². The van der Waals surface area contributed by atoms with E-state index in [0.29, 0.717) is 36.0 Å². The zero-order valence-corrected chi connectivity index (χ0v) is 19.6. The molecule has 1 fully saturated rings. The van der Waals surface area contributed by atoms with Gasteiger partial charge in [-0.2, -0.15) is 5.10 Å². The van der Waals surface area contributed by atoms with E-state index in [2.05, 4.69) is 53.6 Å². The van der Waals surface area contributed by atoms with Crippen LogP contribution in [0.2, 0.25) is 0 Å². The fraction of sp³-hybridized carbons (Fsp3) is 0.320. The zero-order valence-electron chi connectivity index (χ0n) is 18.7. The second-order valence-corrected chi connectivity index (χ2v) is 10.8. The minimum Gasteiger partial charge on any atom is -0.353 e. The molecule has 0 radical (unpaired) electrons. The molecular weight excluding hydrogens is 434 g/mol. The van der Waals surface area contributed by atoms with E-state index in [1.54, 1.807) is 23.7 Å². The normalized spacial score (nSPS) is 19.1. The molecule has 1 aliphatic carbocycles. The van der Waals surface area contributed by atoms with Gasteiger partial charge in [0.15, 0.2) is 15.5 Å². The lowest BCUT2D eigenvalue weighted by Crippen LogP contribution is -2.41. The molecule has 1 unspecified atom stereocenters. The molecule has 4 heterocycles. The summed E-state index contributed by atoms with van der Waals surface area (Å²) in [6.07, 6.45) is 10.6. The van der Waals surface area contributed by atoms with Crippen LogP contribution < -0.4 is 4.90 Å². The highest BCUT2D eigenvalue weighted by Crippen LogP contribution is 2.32. The van der Waals surface area contributed by atoms with Gasteiger partial charge in [-0.3, -0.25) is 4.98 Å². The van der Waals surface area contributed by atoms with Gasteiger partial charge in [0.25, 0.3) is 0 Å². The predicted octanol–water partition coefficient (Wildman–Crippen LogP) is 3.25. The summed E-state index contributed by atoms with van der Waals surface area (Å²) in [6.45, 7) is 8.72. The van der Waals surface area contributed by atoms with E-state index in [9.17, 15) is 8.42 Å². The van der Waals surface area contributed by atoms with E-state index in [1.807, 2.05) is 11.1 Å². The lowest BCUT2D eigenvalue weighted by molar-refractivity contribution is 0.586. The minimum absolute atomic E-state index is 0.106. The van der Waals surface area contributed by atoms with Gasteiger partial charge in [0, 0.05) is 30.4 Å². The summed E-state index contributed by atoms with van der Waals surface area (Å²) in [7, 11) is -3.02. The van der Waals surface area contributed by atoms with E-state index in [1.165, 1.54) is 5.56 Å². The van der Waals surface area contributed by atoms with Crippen LogP contribution in [0.3, 0.4) is 0 Å². The summed E-state index contributed by atoms with van der Waals surface area (Å²) in [4.78, 5) is 11.6. The molecule has 168 valence electrons. The highest BCUT2D eigenvalue weighted by atomic mass is 32.2. The van der Waals surface area contributed by atoms with E-state index < -0.39 is 9.84 Å². The van der Waals surface area contributed by atoms with Crippen LogP contribution in [0.5, 0.6) is 0 Å². The number of hydrogen-bond acceptors (Lipinski definition) is 6. The van der Waals surface area contributed by atoms with E-state index in [4.69, 9.17) is 4.98 Å². The van der Waals surface area contributed by atoms with Gasteiger partial charge in [-0.15, -0.1) is 5.92 Å². The van der Waals surface area contributed by atoms with Crippen molar-refractivity contribution in [2.75, 3.05) is 29.5 Å². The maximum absolute atomic E-state index is 12.0. The Kier molecular flexibility index (Phi) is 5.29. The maximum atomic E-state index is 12.0. The third-order valence-corrected chi connectivity index (χ3v) is 7.80. The molecule has 0 amide bonds. The molecule has 3 aromatic rings. The smallest absolute Gasteiger partial charge is 0.166 e. The van der Waals surface area contributed by atoms with Crippen molar-refractivity contribution in [2.45, 2.75) is 20.3 Å². The van der Waals surface area contributed by atoms with Gasteiger partial charge < -0.3 is 4.90 Å². The second kappa shape index (κ2) is 8.16. The van der Waals surface area contributed by atoms with Crippen molar-refractivity contribution in [3.8, 4) is 23.0 Å². The van der Waals surface area contributed by atoms with Gasteiger partial charge in [-0.1, -0.05) is 25.5 Å². The van der Waals surface area contributed by atoms with Crippen molar-refractivity contribution >= 4 is 33.5 Å². The highest BCUT2D eigenvalue weighted by molar-refractivity contribution is 7.91. The Hall–Kier alpha value is -3.44. The number of nitrogens with zero attached hydrogens (tertiary/aromatic N) is 5. The van der Waals surface area contributed by atoms with Crippen molar-refractivity contribution in [3.63, 3.8) is 0 Å². The van der Waals surface area contributed by atoms with Crippen molar-refractivity contribution in [2.24, 2.45) is 5.92 Å². The van der Waals surface area contributed by atoms with Gasteiger partial charge in [0.05, 0.1) is 34.7 Å². The SMILES string of the molecule is C=Cc1c(C#CC)c(N2CCS(=O)(=O)CC2)nc2c(-c3cnc4c(c3)CC(C)C=C4)cnn12. The van der Waals surface area contributed by atoms with E-state index in [-0.39, 0.29) is 11.5 Å². The molecule has 2 aliphatic rings. The number of rotatable bonds is 3. The fourth-order valence-electron chi connectivity index (χ4n) is 4.44. The van der Waals surface area contributed by atoms with Crippen molar-refractivity contribution in [1.29, 1.82) is 0 Å². The summed E-state index contributed by atoms with van der Waals surface area (Å²) in [6, 6.07) is 2.17. The Morgan fingerprint density at radius 3 is 2.76 bits per heavy atom. The van der Waals surface area contributed by atoms with Crippen LogP contribution in [0.1, 0.15) is 36.4 Å². The molecule has 5 rings (SSSR count). The van der Waals surface area contributed by atoms with Crippen LogP contribution in [-0.4, -0.2) is 52.6 Å². The zero-order chi connectivity index (χ0) is 23.2. The van der Waals surface area contributed by atoms with Gasteiger partial charge in [0.2, 0.25) is 0 Å². The summed E-state index contributed by atoms with van der Waals surface area (Å²) >= 11 is 0. The summed E-state index contributed by atoms with van der Waals surface area (Å²) < 4.78 is 25.7. The Labute approximate surface area is 193 Å². The maximum Gasteiger partial charge on any atom is 0.166 e. The first-order valence-electron chi connectivity index (χ1n) is 11.0. The van der Waals surface area contributed by atoms with Crippen LogP contribution in [0.25, 0.3) is 28.9 Å². The Morgan fingerprint density at radius 2 is 2.03 bits per heavy atom. The molecule has 0 spiro atoms. The second-order valence-electron chi connectivity index (χ2n) is 8.52. The number of aromatic nitrogens is 4. The highest BCUT2D eigenvalue weighted by Gasteiger charge is 2.27. The Bertz CT molecular complexity index is 1460. The third kappa shape index (κ3) is 3.83. The number of pyridine rings is 1. The minimum atomic E-state index is -3.02. The number of allylic oxidation sites excluding steroid dienone is 1. The monoisotopic (exact) mass is 459 g/mol. The Balaban J connectivity index is 1.69. The number of hydrogen-bond donors (Lipinski definition) is 0. The summed E-state index contributed by atoms with van der Waals surface area (Å²) in [5.74, 6) is 7.46. The molecule has 0 saturated carbocycles. The van der Waals surface area contributed by atoms with Crippen LogP contribution >= 0.6 is 0 Å². The number of sulfone groups is 1. The average molecular weight is 460 g/mol. The molecule has 33 heavy (non-hydrogen) atoms. The topological polar surface area (TPSA) is 80.5 Å². The molecule has 7 nitrogen and oxygen atoms in total. The van der Waals surface area contributed by atoms with E-state index >= 15 is 0 Å². The third-order valence-electron chi connectivity index (χ3n) is 6.19. The molecule has 0 aromatic carbocycles. The van der Waals surface area contributed by atoms with Crippen LogP contribution in [0, 0.1) is 17.8 Å². The predicted molar refractivity (Wildman–Crippen MR) is 132 cm³/mol. The van der Waals surface area contributed by atoms with Crippen molar-refractivity contribution < 1.29 is 8.42 Å². The van der Waals surface area contributed by atoms with Gasteiger partial charge in [-0.05, 0) is 43.0 Å². The lowest BCUT2D eigenvalue weighted by Gasteiger charge is -2.29. The van der Waals surface area contributed by atoms with Crippen molar-refractivity contribution in [3.05, 3.63) is 53.6 Å². The molecule has 1 aliphatic heterocycles. The van der Waals surface area contributed by atoms with Crippen LogP contribution in [0.4, 0.5) is 5.82 Å². The molecule has 8 heteroatoms. The molecular formula is C25H25N5O2S. The quantitative estimate of drug-likeness (QED) is 0.560. The molecule has 1 atom stereocenters. The largest absolute Gasteiger partial charge is 0.353 e. The van der Waals surface area contributed by atoms with Gasteiger partial charge in [0.1, 0.15) is 5.82 Å². The molecule has 0 bridgehead atoms. The molecule has 0 N–H and O–H groups in total.